The monoisotopic (exact) mass is 247 g/mol. The lowest BCUT2D eigenvalue weighted by molar-refractivity contribution is -0.122. The SMILES string of the molecule is CCc1ccc2c(c1)C(=O)C(=O)N2CC(=O)NN. The van der Waals surface area contributed by atoms with Crippen molar-refractivity contribution in [3.63, 3.8) is 0 Å². The number of nitrogens with two attached hydrogens (primary N) is 1. The summed E-state index contributed by atoms with van der Waals surface area (Å²) < 4.78 is 0. The second kappa shape index (κ2) is 4.58. The van der Waals surface area contributed by atoms with E-state index in [-0.39, 0.29) is 6.54 Å². The number of rotatable bonds is 3. The Hall–Kier alpha value is -2.21. The van der Waals surface area contributed by atoms with Crippen LogP contribution in [-0.2, 0) is 16.0 Å². The van der Waals surface area contributed by atoms with Crippen LogP contribution in [0, 0.1) is 0 Å². The molecule has 2 rings (SSSR count). The lowest BCUT2D eigenvalue weighted by atomic mass is 10.1. The van der Waals surface area contributed by atoms with E-state index in [1.165, 1.54) is 0 Å². The number of Topliss-reactive ketones (excluding diaryl/α,β-unsaturated/α-hetero) is 1. The van der Waals surface area contributed by atoms with Crippen LogP contribution in [0.15, 0.2) is 18.2 Å². The minimum absolute atomic E-state index is 0.250. The highest BCUT2D eigenvalue weighted by molar-refractivity contribution is 6.52. The van der Waals surface area contributed by atoms with Crippen LogP contribution < -0.4 is 16.2 Å². The van der Waals surface area contributed by atoms with Gasteiger partial charge in [-0.3, -0.25) is 24.7 Å². The molecular weight excluding hydrogens is 234 g/mol. The van der Waals surface area contributed by atoms with E-state index in [0.29, 0.717) is 11.3 Å². The number of carbonyl (C=O) groups is 3. The Bertz CT molecular complexity index is 539. The van der Waals surface area contributed by atoms with Crippen LogP contribution in [0.25, 0.3) is 0 Å². The molecule has 1 heterocycles. The average Bonchev–Trinajstić information content (AvgIpc) is 2.63. The largest absolute Gasteiger partial charge is 0.299 e. The first-order valence-corrected chi connectivity index (χ1v) is 5.57. The van der Waals surface area contributed by atoms with Crippen LogP contribution in [-0.4, -0.2) is 24.1 Å². The van der Waals surface area contributed by atoms with E-state index in [2.05, 4.69) is 0 Å². The fourth-order valence-corrected chi connectivity index (χ4v) is 1.91. The molecule has 0 fully saturated rings. The summed E-state index contributed by atoms with van der Waals surface area (Å²) in [7, 11) is 0. The zero-order valence-electron chi connectivity index (χ0n) is 9.90. The second-order valence-electron chi connectivity index (χ2n) is 3.99. The van der Waals surface area contributed by atoms with Crippen molar-refractivity contribution in [3.05, 3.63) is 29.3 Å². The Morgan fingerprint density at radius 3 is 2.72 bits per heavy atom. The quantitative estimate of drug-likeness (QED) is 0.334. The number of aryl methyl sites for hydroxylation is 1. The third kappa shape index (κ3) is 1.86. The van der Waals surface area contributed by atoms with Crippen LogP contribution in [0.4, 0.5) is 5.69 Å². The Morgan fingerprint density at radius 2 is 2.11 bits per heavy atom. The topological polar surface area (TPSA) is 92.5 Å². The lowest BCUT2D eigenvalue weighted by Gasteiger charge is -2.15. The summed E-state index contributed by atoms with van der Waals surface area (Å²) in [6.07, 6.45) is 0.776. The minimum atomic E-state index is -0.693. The molecule has 6 heteroatoms. The van der Waals surface area contributed by atoms with Gasteiger partial charge in [-0.25, -0.2) is 5.84 Å². The van der Waals surface area contributed by atoms with Crippen LogP contribution in [0.1, 0.15) is 22.8 Å². The number of nitrogens with one attached hydrogen (secondary N) is 1. The Kier molecular flexibility index (Phi) is 3.12. The standard InChI is InChI=1S/C12H13N3O3/c1-2-7-3-4-9-8(5-7)11(17)12(18)15(9)6-10(16)14-13/h3-5H,2,6,13H2,1H3,(H,14,16). The summed E-state index contributed by atoms with van der Waals surface area (Å²) in [5.74, 6) is 3.18. The van der Waals surface area contributed by atoms with Gasteiger partial charge in [-0.1, -0.05) is 13.0 Å². The van der Waals surface area contributed by atoms with Crippen molar-refractivity contribution in [1.29, 1.82) is 0 Å². The third-order valence-corrected chi connectivity index (χ3v) is 2.91. The van der Waals surface area contributed by atoms with Crippen molar-refractivity contribution >= 4 is 23.3 Å². The molecule has 0 aromatic heterocycles. The number of hydrazine groups is 1. The number of hydrogen-bond donors (Lipinski definition) is 2. The maximum Gasteiger partial charge on any atom is 0.299 e. The Labute approximate surface area is 104 Å². The summed E-state index contributed by atoms with van der Waals surface area (Å²) >= 11 is 0. The summed E-state index contributed by atoms with van der Waals surface area (Å²) in [4.78, 5) is 35.9. The predicted molar refractivity (Wildman–Crippen MR) is 64.8 cm³/mol. The molecule has 94 valence electrons. The number of nitrogens with zero attached hydrogens (tertiary/aromatic N) is 1. The van der Waals surface area contributed by atoms with Crippen molar-refractivity contribution in [2.45, 2.75) is 13.3 Å². The molecule has 1 aromatic rings. The van der Waals surface area contributed by atoms with Gasteiger partial charge in [0.05, 0.1) is 11.3 Å². The Balaban J connectivity index is 2.40. The van der Waals surface area contributed by atoms with Gasteiger partial charge in [0.1, 0.15) is 6.54 Å². The van der Waals surface area contributed by atoms with E-state index in [4.69, 9.17) is 5.84 Å². The van der Waals surface area contributed by atoms with Gasteiger partial charge in [-0.05, 0) is 24.1 Å². The van der Waals surface area contributed by atoms with Crippen LogP contribution in [0.3, 0.4) is 0 Å². The van der Waals surface area contributed by atoms with Gasteiger partial charge in [0.25, 0.3) is 17.6 Å². The normalized spacial score (nSPS) is 13.8. The highest BCUT2D eigenvalue weighted by atomic mass is 16.2. The highest BCUT2D eigenvalue weighted by Crippen LogP contribution is 2.29. The average molecular weight is 247 g/mol. The van der Waals surface area contributed by atoms with Gasteiger partial charge in [0.15, 0.2) is 0 Å². The molecule has 0 unspecified atom stereocenters. The maximum absolute atomic E-state index is 11.8. The van der Waals surface area contributed by atoms with Crippen LogP contribution in [0.5, 0.6) is 0 Å². The molecule has 0 spiro atoms. The number of ketones is 1. The minimum Gasteiger partial charge on any atom is -0.295 e. The lowest BCUT2D eigenvalue weighted by Crippen LogP contribution is -2.42. The highest BCUT2D eigenvalue weighted by Gasteiger charge is 2.36. The van der Waals surface area contributed by atoms with Crippen molar-refractivity contribution in [1.82, 2.24) is 5.43 Å². The molecule has 1 aliphatic heterocycles. The van der Waals surface area contributed by atoms with E-state index in [1.807, 2.05) is 18.4 Å². The third-order valence-electron chi connectivity index (χ3n) is 2.91. The molecule has 0 atom stereocenters. The number of carbonyl (C=O) groups excluding carboxylic acids is 3. The number of amides is 2. The number of anilines is 1. The van der Waals surface area contributed by atoms with Gasteiger partial charge >= 0.3 is 0 Å². The molecule has 3 N–H and O–H groups in total. The molecule has 0 aliphatic carbocycles. The van der Waals surface area contributed by atoms with Gasteiger partial charge < -0.3 is 0 Å². The molecule has 0 radical (unpaired) electrons. The van der Waals surface area contributed by atoms with E-state index >= 15 is 0 Å². The first kappa shape index (κ1) is 12.3. The molecule has 6 nitrogen and oxygen atoms in total. The first-order valence-electron chi connectivity index (χ1n) is 5.57. The van der Waals surface area contributed by atoms with Crippen LogP contribution >= 0.6 is 0 Å². The first-order chi connectivity index (χ1) is 8.58. The molecule has 1 aliphatic rings. The van der Waals surface area contributed by atoms with E-state index in [0.717, 1.165) is 16.9 Å². The van der Waals surface area contributed by atoms with Gasteiger partial charge in [0, 0.05) is 0 Å². The Morgan fingerprint density at radius 1 is 1.39 bits per heavy atom. The summed E-state index contributed by atoms with van der Waals surface area (Å²) in [6, 6.07) is 5.20. The van der Waals surface area contributed by atoms with E-state index in [1.54, 1.807) is 12.1 Å². The predicted octanol–water partition coefficient (Wildman–Crippen LogP) is -0.232. The summed E-state index contributed by atoms with van der Waals surface area (Å²) in [5.41, 5.74) is 3.72. The van der Waals surface area contributed by atoms with Crippen molar-refractivity contribution in [2.75, 3.05) is 11.4 Å². The van der Waals surface area contributed by atoms with Gasteiger partial charge in [0.2, 0.25) is 0 Å². The fourth-order valence-electron chi connectivity index (χ4n) is 1.91. The number of hydrogen-bond acceptors (Lipinski definition) is 4. The summed E-state index contributed by atoms with van der Waals surface area (Å²) in [5, 5.41) is 0. The maximum atomic E-state index is 11.8. The molecule has 1 aromatic carbocycles. The summed E-state index contributed by atoms with van der Waals surface area (Å²) in [6.45, 7) is 1.71. The fraction of sp³-hybridized carbons (Fsp3) is 0.250. The molecule has 0 bridgehead atoms. The van der Waals surface area contributed by atoms with Crippen molar-refractivity contribution in [2.24, 2.45) is 5.84 Å². The zero-order chi connectivity index (χ0) is 13.3. The molecule has 2 amide bonds. The van der Waals surface area contributed by atoms with E-state index < -0.39 is 17.6 Å². The second-order valence-corrected chi connectivity index (χ2v) is 3.99. The van der Waals surface area contributed by atoms with Crippen molar-refractivity contribution in [3.8, 4) is 0 Å². The molecule has 0 saturated heterocycles. The van der Waals surface area contributed by atoms with E-state index in [9.17, 15) is 14.4 Å². The molecular formula is C12H13N3O3. The number of fused-ring (bicyclic) bond motifs is 1. The smallest absolute Gasteiger partial charge is 0.295 e. The van der Waals surface area contributed by atoms with Crippen molar-refractivity contribution < 1.29 is 14.4 Å². The van der Waals surface area contributed by atoms with Gasteiger partial charge in [-0.2, -0.15) is 0 Å². The van der Waals surface area contributed by atoms with Crippen LogP contribution in [0.2, 0.25) is 0 Å². The molecule has 18 heavy (non-hydrogen) atoms. The van der Waals surface area contributed by atoms with Gasteiger partial charge in [-0.15, -0.1) is 0 Å². The number of benzene rings is 1. The molecule has 0 saturated carbocycles. The zero-order valence-corrected chi connectivity index (χ0v) is 9.90.